The molecular weight excluding hydrogens is 588 g/mol. The average Bonchev–Trinajstić information content (AvgIpc) is 3.07. The van der Waals surface area contributed by atoms with Gasteiger partial charge in [-0.2, -0.15) is 0 Å². The average molecular weight is 669 g/mol. The predicted molar refractivity (Wildman–Crippen MR) is 197 cm³/mol. The lowest BCUT2D eigenvalue weighted by atomic mass is 9.95. The SMILES string of the molecule is CCCCCCCCCCCCCCCCCC(=O)N(CCCCCCCCCCCCCCCC)[C@@H]1O[C@H](CO)[C@@H](O)[C@H](O)[C@H]1N. The number of nitrogens with zero attached hydrogens (tertiary/aromatic N) is 1. The van der Waals surface area contributed by atoms with Gasteiger partial charge in [0.05, 0.1) is 12.6 Å². The number of aliphatic hydroxyl groups excluding tert-OH is 3. The summed E-state index contributed by atoms with van der Waals surface area (Å²) >= 11 is 0. The van der Waals surface area contributed by atoms with E-state index in [4.69, 9.17) is 10.5 Å². The van der Waals surface area contributed by atoms with Crippen molar-refractivity contribution in [2.45, 2.75) is 237 Å². The number of amides is 1. The Morgan fingerprint density at radius 2 is 0.894 bits per heavy atom. The zero-order valence-corrected chi connectivity index (χ0v) is 31.2. The summed E-state index contributed by atoms with van der Waals surface area (Å²) in [7, 11) is 0. The van der Waals surface area contributed by atoms with Gasteiger partial charge in [0.25, 0.3) is 0 Å². The molecule has 0 bridgehead atoms. The summed E-state index contributed by atoms with van der Waals surface area (Å²) in [4.78, 5) is 15.1. The molecule has 1 fully saturated rings. The fourth-order valence-corrected chi connectivity index (χ4v) is 7.06. The van der Waals surface area contributed by atoms with Crippen molar-refractivity contribution in [3.63, 3.8) is 0 Å². The molecule has 0 unspecified atom stereocenters. The van der Waals surface area contributed by atoms with Crippen LogP contribution in [0.4, 0.5) is 0 Å². The summed E-state index contributed by atoms with van der Waals surface area (Å²) in [6.07, 6.45) is 33.2. The van der Waals surface area contributed by atoms with Crippen LogP contribution in [0, 0.1) is 0 Å². The molecule has 0 radical (unpaired) electrons. The number of hydrogen-bond acceptors (Lipinski definition) is 6. The van der Waals surface area contributed by atoms with Gasteiger partial charge in [0, 0.05) is 13.0 Å². The number of ether oxygens (including phenoxy) is 1. The van der Waals surface area contributed by atoms with Gasteiger partial charge < -0.3 is 30.7 Å². The zero-order valence-electron chi connectivity index (χ0n) is 31.2. The Bertz CT molecular complexity index is 694. The highest BCUT2D eigenvalue weighted by molar-refractivity contribution is 5.76. The highest BCUT2D eigenvalue weighted by Gasteiger charge is 2.45. The van der Waals surface area contributed by atoms with Crippen molar-refractivity contribution in [2.75, 3.05) is 13.2 Å². The second kappa shape index (κ2) is 31.3. The van der Waals surface area contributed by atoms with Gasteiger partial charge >= 0.3 is 0 Å². The quantitative estimate of drug-likeness (QED) is 0.0518. The third-order valence-electron chi connectivity index (χ3n) is 10.3. The number of carbonyl (C=O) groups excluding carboxylic acids is 1. The van der Waals surface area contributed by atoms with E-state index in [1.54, 1.807) is 4.90 Å². The van der Waals surface area contributed by atoms with Crippen LogP contribution in [0.2, 0.25) is 0 Å². The molecule has 1 aliphatic rings. The van der Waals surface area contributed by atoms with Crippen molar-refractivity contribution in [1.82, 2.24) is 4.90 Å². The molecule has 0 aromatic rings. The van der Waals surface area contributed by atoms with Crippen molar-refractivity contribution < 1.29 is 24.9 Å². The van der Waals surface area contributed by atoms with Gasteiger partial charge in [-0.25, -0.2) is 0 Å². The van der Waals surface area contributed by atoms with E-state index in [0.717, 1.165) is 38.5 Å². The summed E-state index contributed by atoms with van der Waals surface area (Å²) in [6.45, 7) is 4.63. The van der Waals surface area contributed by atoms with Gasteiger partial charge in [0.2, 0.25) is 5.91 Å². The molecule has 0 aromatic carbocycles. The number of nitrogens with two attached hydrogens (primary N) is 1. The monoisotopic (exact) mass is 669 g/mol. The minimum atomic E-state index is -1.26. The largest absolute Gasteiger partial charge is 0.394 e. The molecule has 47 heavy (non-hydrogen) atoms. The molecule has 1 saturated heterocycles. The standard InChI is InChI=1S/C40H80N2O5/c1-3-5-7-9-11-13-15-17-19-20-22-24-26-28-30-32-36(44)42(40-37(41)39(46)38(45)35(34-43)47-40)33-31-29-27-25-23-21-18-16-14-12-10-8-6-4-2/h35,37-40,43,45-46H,3-34,41H2,1-2H3/t35-,37-,38-,39-,40-/m1/s1. The minimum absolute atomic E-state index is 0.00452. The third kappa shape index (κ3) is 21.9. The van der Waals surface area contributed by atoms with Crippen LogP contribution in [0.1, 0.15) is 206 Å². The number of aliphatic hydroxyl groups is 3. The lowest BCUT2D eigenvalue weighted by Crippen LogP contribution is -2.67. The first-order chi connectivity index (χ1) is 23.0. The highest BCUT2D eigenvalue weighted by Crippen LogP contribution is 2.25. The number of unbranched alkanes of at least 4 members (excludes halogenated alkanes) is 27. The molecule has 5 N–H and O–H groups in total. The Morgan fingerprint density at radius 3 is 1.26 bits per heavy atom. The second-order valence-corrected chi connectivity index (χ2v) is 14.7. The van der Waals surface area contributed by atoms with Crippen LogP contribution in [-0.2, 0) is 9.53 Å². The Balaban J connectivity index is 2.30. The zero-order chi connectivity index (χ0) is 34.4. The molecule has 1 amide bonds. The van der Waals surface area contributed by atoms with Crippen molar-refractivity contribution in [2.24, 2.45) is 5.73 Å². The number of carbonyl (C=O) groups is 1. The number of rotatable bonds is 33. The Kier molecular flexibility index (Phi) is 29.5. The lowest BCUT2D eigenvalue weighted by Gasteiger charge is -2.45. The topological polar surface area (TPSA) is 116 Å². The van der Waals surface area contributed by atoms with Crippen LogP contribution in [0.15, 0.2) is 0 Å². The van der Waals surface area contributed by atoms with Crippen molar-refractivity contribution in [3.05, 3.63) is 0 Å². The summed E-state index contributed by atoms with van der Waals surface area (Å²) in [6, 6.07) is -0.913. The summed E-state index contributed by atoms with van der Waals surface area (Å²) in [5.41, 5.74) is 6.29. The molecule has 0 aliphatic carbocycles. The van der Waals surface area contributed by atoms with Crippen LogP contribution >= 0.6 is 0 Å². The van der Waals surface area contributed by atoms with Crippen molar-refractivity contribution in [1.29, 1.82) is 0 Å². The van der Waals surface area contributed by atoms with E-state index < -0.39 is 37.2 Å². The lowest BCUT2D eigenvalue weighted by molar-refractivity contribution is -0.226. The summed E-state index contributed by atoms with van der Waals surface area (Å²) in [5, 5.41) is 30.6. The molecule has 1 heterocycles. The highest BCUT2D eigenvalue weighted by atomic mass is 16.5. The van der Waals surface area contributed by atoms with Crippen molar-refractivity contribution in [3.8, 4) is 0 Å². The second-order valence-electron chi connectivity index (χ2n) is 14.7. The van der Waals surface area contributed by atoms with Crippen LogP contribution in [0.5, 0.6) is 0 Å². The van der Waals surface area contributed by atoms with Crippen LogP contribution in [0.25, 0.3) is 0 Å². The van der Waals surface area contributed by atoms with Crippen molar-refractivity contribution >= 4 is 5.91 Å². The van der Waals surface area contributed by atoms with E-state index >= 15 is 0 Å². The summed E-state index contributed by atoms with van der Waals surface area (Å²) in [5.74, 6) is -0.00452. The molecule has 1 rings (SSSR count). The predicted octanol–water partition coefficient (Wildman–Crippen LogP) is 9.32. The van der Waals surface area contributed by atoms with E-state index in [9.17, 15) is 20.1 Å². The normalized spacial score (nSPS) is 21.4. The summed E-state index contributed by atoms with van der Waals surface area (Å²) < 4.78 is 5.93. The first-order valence-corrected chi connectivity index (χ1v) is 20.6. The third-order valence-corrected chi connectivity index (χ3v) is 10.3. The van der Waals surface area contributed by atoms with Gasteiger partial charge in [0.15, 0.2) is 6.23 Å². The van der Waals surface area contributed by atoms with Crippen LogP contribution < -0.4 is 5.73 Å². The molecule has 7 heteroatoms. The smallest absolute Gasteiger partial charge is 0.224 e. The van der Waals surface area contributed by atoms with E-state index in [0.29, 0.717) is 13.0 Å². The van der Waals surface area contributed by atoms with Crippen LogP contribution in [-0.4, -0.2) is 69.9 Å². The minimum Gasteiger partial charge on any atom is -0.394 e. The fourth-order valence-electron chi connectivity index (χ4n) is 7.06. The van der Waals surface area contributed by atoms with Gasteiger partial charge in [-0.05, 0) is 12.8 Å². The molecule has 1 aliphatic heterocycles. The Labute approximate surface area is 291 Å². The van der Waals surface area contributed by atoms with E-state index in [1.807, 2.05) is 0 Å². The first-order valence-electron chi connectivity index (χ1n) is 20.6. The van der Waals surface area contributed by atoms with E-state index in [1.165, 1.54) is 148 Å². The maximum Gasteiger partial charge on any atom is 0.224 e. The molecule has 0 spiro atoms. The van der Waals surface area contributed by atoms with Gasteiger partial charge in [-0.1, -0.05) is 187 Å². The van der Waals surface area contributed by atoms with E-state index in [-0.39, 0.29) is 5.91 Å². The van der Waals surface area contributed by atoms with Gasteiger partial charge in [-0.3, -0.25) is 4.79 Å². The Hall–Kier alpha value is -0.730. The van der Waals surface area contributed by atoms with Gasteiger partial charge in [0.1, 0.15) is 18.3 Å². The molecular formula is C40H80N2O5. The molecule has 0 aromatic heterocycles. The number of hydrogen-bond donors (Lipinski definition) is 4. The van der Waals surface area contributed by atoms with Gasteiger partial charge in [-0.15, -0.1) is 0 Å². The molecule has 5 atom stereocenters. The van der Waals surface area contributed by atoms with E-state index in [2.05, 4.69) is 13.8 Å². The maximum absolute atomic E-state index is 13.5. The van der Waals surface area contributed by atoms with Crippen LogP contribution in [0.3, 0.4) is 0 Å². The molecule has 7 nitrogen and oxygen atoms in total. The maximum atomic E-state index is 13.5. The molecule has 0 saturated carbocycles. The fraction of sp³-hybridized carbons (Fsp3) is 0.975. The Morgan fingerprint density at radius 1 is 0.553 bits per heavy atom. The molecule has 280 valence electrons. The first kappa shape index (κ1) is 44.3.